The van der Waals surface area contributed by atoms with E-state index in [1.165, 1.54) is 94.7 Å². The van der Waals surface area contributed by atoms with E-state index < -0.39 is 0 Å². The predicted octanol–water partition coefficient (Wildman–Crippen LogP) is 7.50. The molecule has 0 fully saturated rings. The van der Waals surface area contributed by atoms with Crippen LogP contribution in [-0.4, -0.2) is 6.54 Å². The second-order valence-corrected chi connectivity index (χ2v) is 6.98. The fourth-order valence-corrected chi connectivity index (χ4v) is 3.14. The molecule has 0 aliphatic carbocycles. The number of unbranched alkanes of at least 4 members (excludes halogenated alkanes) is 12. The van der Waals surface area contributed by atoms with Crippen LogP contribution in [0.25, 0.3) is 0 Å². The molecule has 1 aromatic rings. The van der Waals surface area contributed by atoms with Crippen LogP contribution in [0.5, 0.6) is 0 Å². The van der Waals surface area contributed by atoms with Gasteiger partial charge in [0.15, 0.2) is 0 Å². The molecule has 1 heteroatoms. The Morgan fingerprint density at radius 2 is 1.13 bits per heavy atom. The number of benzene rings is 1. The lowest BCUT2D eigenvalue weighted by Gasteiger charge is -2.09. The summed E-state index contributed by atoms with van der Waals surface area (Å²) < 4.78 is 0. The average Bonchev–Trinajstić information content (AvgIpc) is 2.57. The van der Waals surface area contributed by atoms with Crippen LogP contribution >= 0.6 is 0 Å². The smallest absolute Gasteiger partial charge is 0.0369 e. The van der Waals surface area contributed by atoms with Crippen molar-refractivity contribution in [3.05, 3.63) is 29.8 Å². The topological polar surface area (TPSA) is 12.0 Å². The lowest BCUT2D eigenvalue weighted by Crippen LogP contribution is -2.02. The third kappa shape index (κ3) is 11.2. The van der Waals surface area contributed by atoms with E-state index in [4.69, 9.17) is 0 Å². The first-order valence-electron chi connectivity index (χ1n) is 10.1. The fraction of sp³-hybridized carbons (Fsp3) is 0.727. The van der Waals surface area contributed by atoms with Gasteiger partial charge in [-0.05, 0) is 25.0 Å². The highest BCUT2D eigenvalue weighted by Gasteiger charge is 1.96. The minimum Gasteiger partial charge on any atom is -0.385 e. The summed E-state index contributed by atoms with van der Waals surface area (Å²) in [5.41, 5.74) is 2.65. The Kier molecular flexibility index (Phi) is 12.7. The van der Waals surface area contributed by atoms with Crippen LogP contribution in [0.4, 0.5) is 5.69 Å². The summed E-state index contributed by atoms with van der Waals surface area (Å²) in [6.07, 6.45) is 18.5. The summed E-state index contributed by atoms with van der Waals surface area (Å²) in [6.45, 7) is 5.58. The highest BCUT2D eigenvalue weighted by molar-refractivity contribution is 5.49. The van der Waals surface area contributed by atoms with Crippen LogP contribution in [-0.2, 0) is 0 Å². The largest absolute Gasteiger partial charge is 0.385 e. The standard InChI is InChI=1S/C22H39N/c1-3-4-5-6-7-8-9-10-11-12-13-14-17-20-23-22-19-16-15-18-21(22)2/h15-16,18-19,23H,3-14,17,20H2,1-2H3. The SMILES string of the molecule is CCCCCCCCCCCCCCCNc1ccccc1C. The maximum Gasteiger partial charge on any atom is 0.0369 e. The van der Waals surface area contributed by atoms with Gasteiger partial charge in [-0.1, -0.05) is 102 Å². The molecule has 0 aliphatic heterocycles. The summed E-state index contributed by atoms with van der Waals surface area (Å²) >= 11 is 0. The van der Waals surface area contributed by atoms with Crippen molar-refractivity contribution in [3.8, 4) is 0 Å². The van der Waals surface area contributed by atoms with E-state index in [1.54, 1.807) is 0 Å². The van der Waals surface area contributed by atoms with Crippen LogP contribution in [0.1, 0.15) is 96.0 Å². The quantitative estimate of drug-likeness (QED) is 0.330. The molecular weight excluding hydrogens is 278 g/mol. The normalized spacial score (nSPS) is 10.9. The van der Waals surface area contributed by atoms with Crippen molar-refractivity contribution in [1.29, 1.82) is 0 Å². The molecule has 0 heterocycles. The number of para-hydroxylation sites is 1. The summed E-state index contributed by atoms with van der Waals surface area (Å²) in [4.78, 5) is 0. The van der Waals surface area contributed by atoms with E-state index in [1.807, 2.05) is 0 Å². The molecule has 0 aromatic heterocycles. The van der Waals surface area contributed by atoms with E-state index in [9.17, 15) is 0 Å². The van der Waals surface area contributed by atoms with E-state index in [0.29, 0.717) is 0 Å². The molecule has 1 rings (SSSR count). The van der Waals surface area contributed by atoms with Crippen molar-refractivity contribution >= 4 is 5.69 Å². The van der Waals surface area contributed by atoms with E-state index in [0.717, 1.165) is 6.54 Å². The Morgan fingerprint density at radius 3 is 1.65 bits per heavy atom. The number of nitrogens with one attached hydrogen (secondary N) is 1. The fourth-order valence-electron chi connectivity index (χ4n) is 3.14. The van der Waals surface area contributed by atoms with E-state index >= 15 is 0 Å². The molecule has 0 spiro atoms. The van der Waals surface area contributed by atoms with Gasteiger partial charge in [-0.3, -0.25) is 0 Å². The van der Waals surface area contributed by atoms with Gasteiger partial charge in [0, 0.05) is 12.2 Å². The second-order valence-electron chi connectivity index (χ2n) is 6.98. The highest BCUT2D eigenvalue weighted by atomic mass is 14.9. The van der Waals surface area contributed by atoms with Crippen molar-refractivity contribution in [2.75, 3.05) is 11.9 Å². The zero-order valence-corrected chi connectivity index (χ0v) is 15.7. The van der Waals surface area contributed by atoms with Crippen LogP contribution in [0.2, 0.25) is 0 Å². The van der Waals surface area contributed by atoms with Crippen molar-refractivity contribution in [1.82, 2.24) is 0 Å². The minimum absolute atomic E-state index is 1.11. The molecule has 0 aliphatic rings. The summed E-state index contributed by atoms with van der Waals surface area (Å²) in [7, 11) is 0. The Labute approximate surface area is 145 Å². The Bertz CT molecular complexity index is 372. The predicted molar refractivity (Wildman–Crippen MR) is 105 cm³/mol. The molecule has 1 nitrogen and oxygen atoms in total. The first-order chi connectivity index (χ1) is 11.3. The van der Waals surface area contributed by atoms with Crippen LogP contribution in [0, 0.1) is 6.92 Å². The third-order valence-corrected chi connectivity index (χ3v) is 4.74. The zero-order chi connectivity index (χ0) is 16.6. The van der Waals surface area contributed by atoms with E-state index in [2.05, 4.69) is 43.4 Å². The maximum absolute atomic E-state index is 3.55. The Hall–Kier alpha value is -0.980. The molecule has 0 saturated carbocycles. The van der Waals surface area contributed by atoms with E-state index in [-0.39, 0.29) is 0 Å². The molecule has 0 atom stereocenters. The van der Waals surface area contributed by atoms with Crippen molar-refractivity contribution in [2.45, 2.75) is 97.3 Å². The number of rotatable bonds is 15. The third-order valence-electron chi connectivity index (χ3n) is 4.74. The van der Waals surface area contributed by atoms with Crippen LogP contribution < -0.4 is 5.32 Å². The van der Waals surface area contributed by atoms with Gasteiger partial charge >= 0.3 is 0 Å². The molecule has 23 heavy (non-hydrogen) atoms. The van der Waals surface area contributed by atoms with Gasteiger partial charge in [0.1, 0.15) is 0 Å². The number of anilines is 1. The molecule has 0 saturated heterocycles. The van der Waals surface area contributed by atoms with Gasteiger partial charge in [-0.15, -0.1) is 0 Å². The summed E-state index contributed by atoms with van der Waals surface area (Å²) in [6, 6.07) is 8.56. The number of aryl methyl sites for hydroxylation is 1. The molecule has 0 bridgehead atoms. The van der Waals surface area contributed by atoms with Crippen molar-refractivity contribution in [3.63, 3.8) is 0 Å². The van der Waals surface area contributed by atoms with Gasteiger partial charge in [0.25, 0.3) is 0 Å². The number of hydrogen-bond acceptors (Lipinski definition) is 1. The molecule has 1 aromatic carbocycles. The van der Waals surface area contributed by atoms with Gasteiger partial charge in [0.2, 0.25) is 0 Å². The van der Waals surface area contributed by atoms with Gasteiger partial charge < -0.3 is 5.32 Å². The van der Waals surface area contributed by atoms with Crippen molar-refractivity contribution < 1.29 is 0 Å². The zero-order valence-electron chi connectivity index (χ0n) is 15.7. The monoisotopic (exact) mass is 317 g/mol. The van der Waals surface area contributed by atoms with Crippen LogP contribution in [0.3, 0.4) is 0 Å². The minimum atomic E-state index is 1.11. The lowest BCUT2D eigenvalue weighted by molar-refractivity contribution is 0.541. The highest BCUT2D eigenvalue weighted by Crippen LogP contribution is 2.14. The molecule has 1 N–H and O–H groups in total. The lowest BCUT2D eigenvalue weighted by atomic mass is 10.0. The summed E-state index contributed by atoms with van der Waals surface area (Å²) in [5.74, 6) is 0. The van der Waals surface area contributed by atoms with Crippen LogP contribution in [0.15, 0.2) is 24.3 Å². The summed E-state index contributed by atoms with van der Waals surface area (Å²) in [5, 5.41) is 3.55. The molecule has 132 valence electrons. The molecule has 0 amide bonds. The Balaban J connectivity index is 1.79. The Morgan fingerprint density at radius 1 is 0.652 bits per heavy atom. The van der Waals surface area contributed by atoms with Gasteiger partial charge in [0.05, 0.1) is 0 Å². The van der Waals surface area contributed by atoms with Gasteiger partial charge in [-0.25, -0.2) is 0 Å². The van der Waals surface area contributed by atoms with Crippen molar-refractivity contribution in [2.24, 2.45) is 0 Å². The second kappa shape index (κ2) is 14.6. The molecule has 0 unspecified atom stereocenters. The maximum atomic E-state index is 3.55. The molecular formula is C22H39N. The molecule has 0 radical (unpaired) electrons. The first-order valence-corrected chi connectivity index (χ1v) is 10.1. The number of hydrogen-bond donors (Lipinski definition) is 1. The van der Waals surface area contributed by atoms with Gasteiger partial charge in [-0.2, -0.15) is 0 Å². The average molecular weight is 318 g/mol. The first kappa shape index (κ1) is 20.1.